The third kappa shape index (κ3) is 5.80. The number of amides is 1. The van der Waals surface area contributed by atoms with Crippen LogP contribution in [0.1, 0.15) is 12.0 Å². The van der Waals surface area contributed by atoms with Gasteiger partial charge in [0.05, 0.1) is 26.1 Å². The number of morpholine rings is 1. The Hall–Kier alpha value is -2.52. The number of rotatable bonds is 5. The molecule has 1 aromatic rings. The van der Waals surface area contributed by atoms with Crippen LogP contribution in [0.4, 0.5) is 0 Å². The number of fused-ring (bicyclic) bond motifs is 1. The normalized spacial score (nSPS) is 18.4. The van der Waals surface area contributed by atoms with E-state index in [-0.39, 0.29) is 42.3 Å². The van der Waals surface area contributed by atoms with Gasteiger partial charge in [-0.1, -0.05) is 12.1 Å². The van der Waals surface area contributed by atoms with E-state index in [0.717, 1.165) is 6.26 Å². The standard InChI is InChI=1S/C17H22N4O8S2/c1-30(23,24)29-20-17(18)19-16(22)13-5-8-28-15-12(11-13)3-2-4-14(15)31(25,26)21-6-9-27-10-7-21/h2-4,11H,5-10H2,1H3,(H3,18,19,20,22). The molecule has 12 nitrogen and oxygen atoms in total. The van der Waals surface area contributed by atoms with Crippen LogP contribution in [0.15, 0.2) is 33.7 Å². The molecule has 31 heavy (non-hydrogen) atoms. The molecule has 3 rings (SSSR count). The summed E-state index contributed by atoms with van der Waals surface area (Å²) in [5.74, 6) is -1.15. The molecule has 3 N–H and O–H groups in total. The predicted molar refractivity (Wildman–Crippen MR) is 110 cm³/mol. The van der Waals surface area contributed by atoms with E-state index in [9.17, 15) is 21.6 Å². The average Bonchev–Trinajstić information content (AvgIpc) is 2.95. The minimum Gasteiger partial charge on any atom is -0.491 e. The van der Waals surface area contributed by atoms with Gasteiger partial charge in [0.25, 0.3) is 16.0 Å². The zero-order chi connectivity index (χ0) is 22.6. The maximum atomic E-state index is 13.1. The third-order valence-electron chi connectivity index (χ3n) is 4.34. The molecule has 0 atom stereocenters. The second kappa shape index (κ2) is 9.32. The van der Waals surface area contributed by atoms with Crippen molar-refractivity contribution in [2.24, 2.45) is 10.7 Å². The zero-order valence-corrected chi connectivity index (χ0v) is 18.2. The number of ether oxygens (including phenoxy) is 2. The van der Waals surface area contributed by atoms with Crippen molar-refractivity contribution in [2.45, 2.75) is 11.3 Å². The summed E-state index contributed by atoms with van der Waals surface area (Å²) in [6, 6.07) is 4.62. The highest BCUT2D eigenvalue weighted by molar-refractivity contribution is 7.89. The number of sulfonamides is 1. The van der Waals surface area contributed by atoms with Crippen molar-refractivity contribution in [1.29, 1.82) is 0 Å². The average molecular weight is 475 g/mol. The van der Waals surface area contributed by atoms with Crippen molar-refractivity contribution in [3.05, 3.63) is 29.3 Å². The van der Waals surface area contributed by atoms with Crippen LogP contribution in [-0.2, 0) is 34.0 Å². The summed E-state index contributed by atoms with van der Waals surface area (Å²) in [5, 5.41) is 0. The quantitative estimate of drug-likeness (QED) is 0.313. The van der Waals surface area contributed by atoms with E-state index in [1.807, 2.05) is 5.48 Å². The molecular weight excluding hydrogens is 452 g/mol. The number of nitrogens with one attached hydrogen (secondary N) is 1. The molecule has 2 aliphatic rings. The topological polar surface area (TPSA) is 167 Å². The lowest BCUT2D eigenvalue weighted by molar-refractivity contribution is -0.114. The molecule has 1 aromatic carbocycles. The number of carbonyl (C=O) groups is 1. The summed E-state index contributed by atoms with van der Waals surface area (Å²) in [4.78, 5) is 16.0. The van der Waals surface area contributed by atoms with Crippen molar-refractivity contribution < 1.29 is 35.4 Å². The molecule has 0 unspecified atom stereocenters. The van der Waals surface area contributed by atoms with Gasteiger partial charge >= 0.3 is 0 Å². The maximum absolute atomic E-state index is 13.1. The molecule has 14 heteroatoms. The second-order valence-electron chi connectivity index (χ2n) is 6.65. The Morgan fingerprint density at radius 2 is 1.90 bits per heavy atom. The number of carbonyl (C=O) groups excluding carboxylic acids is 1. The number of nitrogens with two attached hydrogens (primary N) is 1. The van der Waals surface area contributed by atoms with Crippen LogP contribution in [0.3, 0.4) is 0 Å². The molecule has 0 radical (unpaired) electrons. The van der Waals surface area contributed by atoms with Gasteiger partial charge in [-0.15, -0.1) is 4.28 Å². The van der Waals surface area contributed by atoms with Crippen LogP contribution < -0.4 is 16.0 Å². The number of aliphatic imine (C=N–C) groups is 1. The SMILES string of the molecule is CS(=O)(=O)ONC(N)=NC(=O)C1=Cc2cccc(S(=O)(=O)N3CCOCC3)c2OCC1. The van der Waals surface area contributed by atoms with Gasteiger partial charge in [0.2, 0.25) is 16.0 Å². The highest BCUT2D eigenvalue weighted by Gasteiger charge is 2.31. The van der Waals surface area contributed by atoms with Crippen LogP contribution in [0, 0.1) is 0 Å². The molecule has 2 aliphatic heterocycles. The lowest BCUT2D eigenvalue weighted by atomic mass is 10.1. The number of hydrogen-bond donors (Lipinski definition) is 2. The Bertz CT molecular complexity index is 1120. The summed E-state index contributed by atoms with van der Waals surface area (Å²) >= 11 is 0. The zero-order valence-electron chi connectivity index (χ0n) is 16.6. The van der Waals surface area contributed by atoms with E-state index < -0.39 is 32.0 Å². The first-order chi connectivity index (χ1) is 14.6. The van der Waals surface area contributed by atoms with Gasteiger partial charge in [0.15, 0.2) is 0 Å². The lowest BCUT2D eigenvalue weighted by Crippen LogP contribution is -2.40. The van der Waals surface area contributed by atoms with Gasteiger partial charge in [-0.05, 0) is 12.1 Å². The molecule has 0 aromatic heterocycles. The van der Waals surface area contributed by atoms with Crippen LogP contribution in [-0.4, -0.2) is 72.2 Å². The predicted octanol–water partition coefficient (Wildman–Crippen LogP) is -0.804. The fourth-order valence-electron chi connectivity index (χ4n) is 2.94. The first kappa shape index (κ1) is 23.1. The second-order valence-corrected chi connectivity index (χ2v) is 10.1. The summed E-state index contributed by atoms with van der Waals surface area (Å²) < 4.78 is 64.6. The van der Waals surface area contributed by atoms with Crippen molar-refractivity contribution in [3.8, 4) is 5.75 Å². The van der Waals surface area contributed by atoms with E-state index in [0.29, 0.717) is 18.8 Å². The number of para-hydroxylation sites is 1. The Labute approximate surface area is 179 Å². The van der Waals surface area contributed by atoms with Gasteiger partial charge in [0, 0.05) is 30.6 Å². The molecule has 0 aliphatic carbocycles. The van der Waals surface area contributed by atoms with Crippen LogP contribution in [0.2, 0.25) is 0 Å². The third-order valence-corrected chi connectivity index (χ3v) is 6.65. The Morgan fingerprint density at radius 3 is 2.58 bits per heavy atom. The molecule has 1 fully saturated rings. The van der Waals surface area contributed by atoms with E-state index in [4.69, 9.17) is 15.2 Å². The van der Waals surface area contributed by atoms with Gasteiger partial charge < -0.3 is 15.2 Å². The first-order valence-electron chi connectivity index (χ1n) is 9.15. The van der Waals surface area contributed by atoms with Crippen molar-refractivity contribution in [1.82, 2.24) is 9.79 Å². The van der Waals surface area contributed by atoms with Gasteiger partial charge in [-0.25, -0.2) is 13.9 Å². The largest absolute Gasteiger partial charge is 0.491 e. The molecule has 170 valence electrons. The summed E-state index contributed by atoms with van der Waals surface area (Å²) in [5.41, 5.74) is 7.91. The molecule has 1 saturated heterocycles. The lowest BCUT2D eigenvalue weighted by Gasteiger charge is -2.27. The minimum atomic E-state index is -3.84. The number of guanidine groups is 1. The molecular formula is C17H22N4O8S2. The van der Waals surface area contributed by atoms with Gasteiger partial charge in [-0.3, -0.25) is 4.79 Å². The smallest absolute Gasteiger partial charge is 0.285 e. The molecule has 0 saturated carbocycles. The van der Waals surface area contributed by atoms with Crippen LogP contribution >= 0.6 is 0 Å². The molecule has 2 heterocycles. The monoisotopic (exact) mass is 474 g/mol. The number of nitrogens with zero attached hydrogens (tertiary/aromatic N) is 2. The minimum absolute atomic E-state index is 0.00285. The fourth-order valence-corrected chi connectivity index (χ4v) is 4.75. The highest BCUT2D eigenvalue weighted by Crippen LogP contribution is 2.34. The highest BCUT2D eigenvalue weighted by atomic mass is 32.2. The fraction of sp³-hybridized carbons (Fsp3) is 0.412. The van der Waals surface area contributed by atoms with Crippen LogP contribution in [0.25, 0.3) is 6.08 Å². The van der Waals surface area contributed by atoms with E-state index in [1.54, 1.807) is 12.1 Å². The maximum Gasteiger partial charge on any atom is 0.285 e. The summed E-state index contributed by atoms with van der Waals surface area (Å²) in [6.45, 7) is 1.13. The molecule has 0 spiro atoms. The summed E-state index contributed by atoms with van der Waals surface area (Å²) in [6.07, 6.45) is 2.39. The Balaban J connectivity index is 1.88. The van der Waals surface area contributed by atoms with Gasteiger partial charge in [-0.2, -0.15) is 17.7 Å². The number of hydrogen-bond acceptors (Lipinski definition) is 8. The van der Waals surface area contributed by atoms with Crippen molar-refractivity contribution in [3.63, 3.8) is 0 Å². The summed E-state index contributed by atoms with van der Waals surface area (Å²) in [7, 11) is -7.65. The molecule has 1 amide bonds. The first-order valence-corrected chi connectivity index (χ1v) is 12.4. The van der Waals surface area contributed by atoms with Crippen molar-refractivity contribution in [2.75, 3.05) is 39.2 Å². The van der Waals surface area contributed by atoms with Crippen molar-refractivity contribution >= 4 is 38.1 Å². The number of benzene rings is 1. The van der Waals surface area contributed by atoms with E-state index in [1.165, 1.54) is 16.4 Å². The van der Waals surface area contributed by atoms with Crippen LogP contribution in [0.5, 0.6) is 5.75 Å². The molecule has 0 bridgehead atoms. The Kier molecular flexibility index (Phi) is 6.96. The number of hydroxylamine groups is 1. The van der Waals surface area contributed by atoms with E-state index in [2.05, 4.69) is 9.28 Å². The van der Waals surface area contributed by atoms with Gasteiger partial charge in [0.1, 0.15) is 10.6 Å². The Morgan fingerprint density at radius 1 is 1.19 bits per heavy atom. The van der Waals surface area contributed by atoms with E-state index >= 15 is 0 Å².